The number of hydrogen-bond acceptors (Lipinski definition) is 6. The molecule has 0 amide bonds. The number of non-ortho nitro benzene ring substituents is 1. The lowest BCUT2D eigenvalue weighted by Gasteiger charge is -2.34. The molecule has 2 aromatic carbocycles. The minimum Gasteiger partial charge on any atom is -0.480 e. The van der Waals surface area contributed by atoms with E-state index in [0.717, 1.165) is 11.1 Å². The molecule has 0 bridgehead atoms. The number of aryl methyl sites for hydroxylation is 1. The molecule has 1 aromatic heterocycles. The van der Waals surface area contributed by atoms with Gasteiger partial charge in [0.05, 0.1) is 10.8 Å². The maximum Gasteiger partial charge on any atom is 0.345 e. The Kier molecular flexibility index (Phi) is 6.06. The Morgan fingerprint density at radius 2 is 1.65 bits per heavy atom. The van der Waals surface area contributed by atoms with Gasteiger partial charge < -0.3 is 14.6 Å². The number of benzene rings is 2. The number of nitro benzene ring substituents is 1. The van der Waals surface area contributed by atoms with Crippen LogP contribution in [0.4, 0.5) is 5.69 Å². The monoisotopic (exact) mass is 461 g/mol. The van der Waals surface area contributed by atoms with Gasteiger partial charge in [0.25, 0.3) is 17.4 Å². The first-order valence-electron chi connectivity index (χ1n) is 10.8. The van der Waals surface area contributed by atoms with Crippen molar-refractivity contribution in [2.24, 2.45) is 0 Å². The van der Waals surface area contributed by atoms with Crippen LogP contribution in [0, 0.1) is 17.0 Å². The van der Waals surface area contributed by atoms with Gasteiger partial charge >= 0.3 is 5.97 Å². The molecule has 1 aliphatic rings. The van der Waals surface area contributed by atoms with Gasteiger partial charge in [0.1, 0.15) is 5.57 Å². The molecule has 0 aliphatic carbocycles. The second kappa shape index (κ2) is 8.97. The van der Waals surface area contributed by atoms with E-state index in [0.29, 0.717) is 5.56 Å². The van der Waals surface area contributed by atoms with E-state index >= 15 is 0 Å². The molecule has 0 radical (unpaired) electrons. The van der Waals surface area contributed by atoms with E-state index in [1.807, 2.05) is 66.3 Å². The van der Waals surface area contributed by atoms with Crippen molar-refractivity contribution < 1.29 is 28.9 Å². The largest absolute Gasteiger partial charge is 0.480 e. The van der Waals surface area contributed by atoms with Crippen LogP contribution in [0.2, 0.25) is 0 Å². The summed E-state index contributed by atoms with van der Waals surface area (Å²) in [6, 6.07) is 18.7. The molecule has 0 spiro atoms. The third-order valence-corrected chi connectivity index (χ3v) is 5.65. The Labute approximate surface area is 196 Å². The molecular formula is C26H25N2O6+. The van der Waals surface area contributed by atoms with E-state index in [9.17, 15) is 20.0 Å². The van der Waals surface area contributed by atoms with Crippen molar-refractivity contribution in [3.05, 3.63) is 117 Å². The standard InChI is InChI=1S/C26H24N2O6/c1-17-8-7-15-27(16-17)23(19-11-13-20(14-12-19)28(31)32)21(18-9-5-4-6-10-18)22-24(29)33-26(2,3)34-25(22)30/h4-16,21,23H,1-3H3/p+1. The predicted octanol–water partition coefficient (Wildman–Crippen LogP) is 4.64. The molecule has 8 nitrogen and oxygen atoms in total. The first kappa shape index (κ1) is 23.0. The SMILES string of the molecule is Cc1ccc[n+](C(c2ccc([N+](=O)[O-])cc2)C(C2=C(O)OC(C)(C)OC2=O)c2ccccc2)c1. The molecule has 2 unspecified atom stereocenters. The zero-order valence-electron chi connectivity index (χ0n) is 19.0. The number of carbonyl (C=O) groups excluding carboxylic acids is 1. The Morgan fingerprint density at radius 1 is 0.971 bits per heavy atom. The molecule has 0 saturated heterocycles. The number of rotatable bonds is 6. The summed E-state index contributed by atoms with van der Waals surface area (Å²) < 4.78 is 12.9. The average molecular weight is 461 g/mol. The lowest BCUT2D eigenvalue weighted by Crippen LogP contribution is -2.46. The molecule has 34 heavy (non-hydrogen) atoms. The summed E-state index contributed by atoms with van der Waals surface area (Å²) in [6.07, 6.45) is 3.77. The topological polar surface area (TPSA) is 103 Å². The number of cyclic esters (lactones) is 1. The molecule has 8 heteroatoms. The van der Waals surface area contributed by atoms with Crippen LogP contribution >= 0.6 is 0 Å². The van der Waals surface area contributed by atoms with E-state index in [1.165, 1.54) is 12.1 Å². The van der Waals surface area contributed by atoms with Crippen LogP contribution in [0.5, 0.6) is 0 Å². The number of carbonyl (C=O) groups is 1. The fourth-order valence-corrected chi connectivity index (χ4v) is 4.22. The van der Waals surface area contributed by atoms with Crippen molar-refractivity contribution in [3.63, 3.8) is 0 Å². The Hall–Kier alpha value is -4.20. The Balaban J connectivity index is 1.97. The number of aliphatic hydroxyl groups is 1. The quantitative estimate of drug-likeness (QED) is 0.248. The third kappa shape index (κ3) is 4.61. The van der Waals surface area contributed by atoms with Crippen molar-refractivity contribution in [2.75, 3.05) is 0 Å². The van der Waals surface area contributed by atoms with E-state index in [-0.39, 0.29) is 11.3 Å². The number of aromatic nitrogens is 1. The number of aliphatic hydroxyl groups excluding tert-OH is 1. The van der Waals surface area contributed by atoms with Crippen LogP contribution in [-0.2, 0) is 14.3 Å². The normalized spacial score (nSPS) is 16.9. The van der Waals surface area contributed by atoms with E-state index in [1.54, 1.807) is 26.0 Å². The zero-order chi connectivity index (χ0) is 24.5. The van der Waals surface area contributed by atoms with Gasteiger partial charge in [-0.2, -0.15) is 4.57 Å². The van der Waals surface area contributed by atoms with Gasteiger partial charge in [0, 0.05) is 43.2 Å². The Bertz CT molecular complexity index is 1250. The van der Waals surface area contributed by atoms with Gasteiger partial charge in [-0.1, -0.05) is 30.3 Å². The summed E-state index contributed by atoms with van der Waals surface area (Å²) >= 11 is 0. The molecule has 2 heterocycles. The van der Waals surface area contributed by atoms with E-state index in [4.69, 9.17) is 9.47 Å². The highest BCUT2D eigenvalue weighted by atomic mass is 16.8. The van der Waals surface area contributed by atoms with Crippen molar-refractivity contribution >= 4 is 11.7 Å². The number of esters is 1. The fraction of sp³-hybridized carbons (Fsp3) is 0.231. The van der Waals surface area contributed by atoms with Crippen LogP contribution in [0.25, 0.3) is 0 Å². The summed E-state index contributed by atoms with van der Waals surface area (Å²) in [6.45, 7) is 5.02. The van der Waals surface area contributed by atoms with Crippen molar-refractivity contribution in [2.45, 2.75) is 38.5 Å². The number of hydrogen-bond donors (Lipinski definition) is 1. The van der Waals surface area contributed by atoms with Gasteiger partial charge in [-0.05, 0) is 30.7 Å². The van der Waals surface area contributed by atoms with E-state index < -0.39 is 34.6 Å². The second-order valence-electron chi connectivity index (χ2n) is 8.62. The average Bonchev–Trinajstić information content (AvgIpc) is 2.78. The first-order chi connectivity index (χ1) is 16.2. The zero-order valence-corrected chi connectivity index (χ0v) is 19.0. The molecule has 0 fully saturated rings. The highest BCUT2D eigenvalue weighted by Gasteiger charge is 2.46. The first-order valence-corrected chi connectivity index (χ1v) is 10.8. The molecule has 2 atom stereocenters. The fourth-order valence-electron chi connectivity index (χ4n) is 4.22. The van der Waals surface area contributed by atoms with Crippen molar-refractivity contribution in [1.82, 2.24) is 0 Å². The maximum absolute atomic E-state index is 13.2. The smallest absolute Gasteiger partial charge is 0.345 e. The number of pyridine rings is 1. The summed E-state index contributed by atoms with van der Waals surface area (Å²) in [5.41, 5.74) is 2.35. The minimum atomic E-state index is -1.31. The van der Waals surface area contributed by atoms with Gasteiger partial charge in [0.2, 0.25) is 0 Å². The van der Waals surface area contributed by atoms with Crippen LogP contribution in [0.15, 0.2) is 90.6 Å². The molecule has 174 valence electrons. The predicted molar refractivity (Wildman–Crippen MR) is 123 cm³/mol. The minimum absolute atomic E-state index is 0.0251. The number of ether oxygens (including phenoxy) is 2. The van der Waals surface area contributed by atoms with Crippen molar-refractivity contribution in [3.8, 4) is 0 Å². The molecule has 1 aliphatic heterocycles. The third-order valence-electron chi connectivity index (χ3n) is 5.65. The van der Waals surface area contributed by atoms with Crippen LogP contribution in [0.1, 0.15) is 42.5 Å². The van der Waals surface area contributed by atoms with E-state index in [2.05, 4.69) is 0 Å². The van der Waals surface area contributed by atoms with Crippen molar-refractivity contribution in [1.29, 1.82) is 0 Å². The summed E-state index contributed by atoms with van der Waals surface area (Å²) in [5, 5.41) is 22.1. The molecule has 0 saturated carbocycles. The highest BCUT2D eigenvalue weighted by molar-refractivity contribution is 5.91. The molecule has 4 rings (SSSR count). The van der Waals surface area contributed by atoms with Crippen LogP contribution in [-0.4, -0.2) is 21.8 Å². The number of nitrogens with zero attached hydrogens (tertiary/aromatic N) is 2. The lowest BCUT2D eigenvalue weighted by atomic mass is 9.81. The molecule has 1 N–H and O–H groups in total. The van der Waals surface area contributed by atoms with Gasteiger partial charge in [0.15, 0.2) is 18.4 Å². The van der Waals surface area contributed by atoms with Crippen LogP contribution < -0.4 is 4.57 Å². The van der Waals surface area contributed by atoms with Gasteiger partial charge in [-0.25, -0.2) is 4.79 Å². The second-order valence-corrected chi connectivity index (χ2v) is 8.62. The molecule has 3 aromatic rings. The summed E-state index contributed by atoms with van der Waals surface area (Å²) in [5.74, 6) is -3.23. The van der Waals surface area contributed by atoms with Gasteiger partial charge in [-0.3, -0.25) is 10.1 Å². The lowest BCUT2D eigenvalue weighted by molar-refractivity contribution is -0.716. The van der Waals surface area contributed by atoms with Gasteiger partial charge in [-0.15, -0.1) is 0 Å². The number of nitro groups is 1. The maximum atomic E-state index is 13.2. The Morgan fingerprint density at radius 3 is 2.24 bits per heavy atom. The summed E-state index contributed by atoms with van der Waals surface area (Å²) in [7, 11) is 0. The molecular weight excluding hydrogens is 436 g/mol. The highest BCUT2D eigenvalue weighted by Crippen LogP contribution is 2.42. The summed E-state index contributed by atoms with van der Waals surface area (Å²) in [4.78, 5) is 24.0. The van der Waals surface area contributed by atoms with Crippen LogP contribution in [0.3, 0.4) is 0 Å².